The number of hydrogen-bond donors (Lipinski definition) is 1. The van der Waals surface area contributed by atoms with Crippen LogP contribution in [0.2, 0.25) is 0 Å². The molecule has 0 radical (unpaired) electrons. The van der Waals surface area contributed by atoms with E-state index in [0.29, 0.717) is 0 Å². The molecule has 1 aliphatic carbocycles. The molecule has 0 aliphatic heterocycles. The summed E-state index contributed by atoms with van der Waals surface area (Å²) >= 11 is 0. The molecular formula is C15H15N3O3. The van der Waals surface area contributed by atoms with Gasteiger partial charge < -0.3 is 5.73 Å². The van der Waals surface area contributed by atoms with E-state index in [2.05, 4.69) is 4.98 Å². The second-order valence-corrected chi connectivity index (χ2v) is 5.10. The van der Waals surface area contributed by atoms with Crippen LogP contribution in [0.4, 0.5) is 5.69 Å². The summed E-state index contributed by atoms with van der Waals surface area (Å²) in [6.45, 7) is -0.308. The van der Waals surface area contributed by atoms with E-state index >= 15 is 0 Å². The molecule has 1 unspecified atom stereocenters. The van der Waals surface area contributed by atoms with E-state index in [1.165, 1.54) is 16.7 Å². The highest BCUT2D eigenvalue weighted by Gasteiger charge is 2.30. The maximum atomic E-state index is 12.8. The lowest BCUT2D eigenvalue weighted by molar-refractivity contribution is -0.132. The number of benzene rings is 1. The van der Waals surface area contributed by atoms with Gasteiger partial charge in [-0.1, -0.05) is 6.07 Å². The minimum atomic E-state index is -0.800. The lowest BCUT2D eigenvalue weighted by Gasteiger charge is -2.24. The molecule has 0 bridgehead atoms. The van der Waals surface area contributed by atoms with E-state index in [-0.39, 0.29) is 66.2 Å². The zero-order valence-electron chi connectivity index (χ0n) is 13.3. The van der Waals surface area contributed by atoms with Crippen LogP contribution >= 0.6 is 0 Å². The number of hydrogen-bond acceptors (Lipinski definition) is 5. The van der Waals surface area contributed by atoms with Crippen LogP contribution in [0.1, 0.15) is 33.9 Å². The summed E-state index contributed by atoms with van der Waals surface area (Å²) in [6.07, 6.45) is 0.227. The van der Waals surface area contributed by atoms with Crippen molar-refractivity contribution >= 4 is 28.2 Å². The van der Waals surface area contributed by atoms with Crippen LogP contribution < -0.4 is 11.3 Å². The second kappa shape index (κ2) is 4.80. The topological polar surface area (TPSA) is 95.0 Å². The molecule has 1 aliphatic rings. The standard InChI is InChI=1S/C15H15N3O3/c1-8-17-11-4-2-3-10(16)14(11)15(21)18(8)12-6-5-9(19)7-13(12)20/h2-4,12H,5-7,16H2,1H3/i1D,4D. The molecule has 108 valence electrons. The molecule has 21 heavy (non-hydrogen) atoms. The Bertz CT molecular complexity index is 892. The first-order valence-electron chi connectivity index (χ1n) is 7.78. The van der Waals surface area contributed by atoms with Gasteiger partial charge in [0.05, 0.1) is 24.7 Å². The molecule has 1 aromatic heterocycles. The minimum Gasteiger partial charge on any atom is -0.398 e. The highest BCUT2D eigenvalue weighted by molar-refractivity contribution is 6.03. The predicted octanol–water partition coefficient (Wildman–Crippen LogP) is 1.15. The highest BCUT2D eigenvalue weighted by atomic mass is 16.2. The van der Waals surface area contributed by atoms with Crippen molar-refractivity contribution in [1.29, 1.82) is 0 Å². The summed E-state index contributed by atoms with van der Waals surface area (Å²) in [4.78, 5) is 40.6. The Hall–Kier alpha value is -2.50. The molecule has 1 aromatic carbocycles. The molecule has 0 spiro atoms. The van der Waals surface area contributed by atoms with Crippen LogP contribution in [0.5, 0.6) is 0 Å². The molecule has 6 nitrogen and oxygen atoms in total. The molecular weight excluding hydrogens is 270 g/mol. The number of aromatic nitrogens is 2. The monoisotopic (exact) mass is 287 g/mol. The lowest BCUT2D eigenvalue weighted by Crippen LogP contribution is -2.36. The first-order valence-corrected chi connectivity index (χ1v) is 6.58. The quantitative estimate of drug-likeness (QED) is 0.627. The number of nitrogens with zero attached hydrogens (tertiary/aromatic N) is 2. The summed E-state index contributed by atoms with van der Waals surface area (Å²) < 4.78 is 16.7. The van der Waals surface area contributed by atoms with Crippen LogP contribution in [0.15, 0.2) is 23.0 Å². The molecule has 2 aromatic rings. The van der Waals surface area contributed by atoms with Crippen molar-refractivity contribution in [2.75, 3.05) is 5.73 Å². The van der Waals surface area contributed by atoms with Gasteiger partial charge in [0.1, 0.15) is 11.6 Å². The molecule has 6 heteroatoms. The van der Waals surface area contributed by atoms with E-state index in [4.69, 9.17) is 8.48 Å². The molecule has 1 atom stereocenters. The van der Waals surface area contributed by atoms with Gasteiger partial charge in [-0.15, -0.1) is 0 Å². The number of rotatable bonds is 1. The van der Waals surface area contributed by atoms with Gasteiger partial charge in [-0.3, -0.25) is 19.0 Å². The zero-order chi connectivity index (χ0) is 16.7. The van der Waals surface area contributed by atoms with Gasteiger partial charge in [0.25, 0.3) is 5.56 Å². The van der Waals surface area contributed by atoms with Crippen molar-refractivity contribution in [1.82, 2.24) is 9.55 Å². The van der Waals surface area contributed by atoms with Crippen molar-refractivity contribution in [3.8, 4) is 0 Å². The minimum absolute atomic E-state index is 0.0401. The third-order valence-corrected chi connectivity index (χ3v) is 3.71. The van der Waals surface area contributed by atoms with Crippen LogP contribution in [0.3, 0.4) is 0 Å². The molecule has 1 saturated carbocycles. The Morgan fingerprint density at radius 1 is 1.48 bits per heavy atom. The van der Waals surface area contributed by atoms with Crippen LogP contribution in [0, 0.1) is 6.90 Å². The molecule has 0 saturated heterocycles. The van der Waals surface area contributed by atoms with Crippen molar-refractivity contribution in [3.05, 3.63) is 34.4 Å². The molecule has 1 fully saturated rings. The van der Waals surface area contributed by atoms with Crippen LogP contribution in [-0.2, 0) is 9.59 Å². The Kier molecular flexibility index (Phi) is 2.56. The van der Waals surface area contributed by atoms with Gasteiger partial charge in [-0.05, 0) is 25.4 Å². The van der Waals surface area contributed by atoms with E-state index < -0.39 is 11.6 Å². The first-order chi connectivity index (χ1) is 10.9. The highest BCUT2D eigenvalue weighted by Crippen LogP contribution is 2.24. The van der Waals surface area contributed by atoms with Gasteiger partial charge in [-0.2, -0.15) is 0 Å². The normalized spacial score (nSPS) is 20.5. The maximum absolute atomic E-state index is 12.8. The second-order valence-electron chi connectivity index (χ2n) is 5.10. The first kappa shape index (κ1) is 11.2. The number of aryl methyl sites for hydroxylation is 1. The Balaban J connectivity index is 2.30. The van der Waals surface area contributed by atoms with E-state index in [1.54, 1.807) is 0 Å². The summed E-state index contributed by atoms with van der Waals surface area (Å²) in [5, 5.41) is 0.0828. The smallest absolute Gasteiger partial charge is 0.264 e. The van der Waals surface area contributed by atoms with Gasteiger partial charge in [-0.25, -0.2) is 4.98 Å². The lowest BCUT2D eigenvalue weighted by atomic mass is 9.92. The Morgan fingerprint density at radius 3 is 3.00 bits per heavy atom. The summed E-state index contributed by atoms with van der Waals surface area (Å²) in [6, 6.07) is 2.13. The number of ketones is 2. The fourth-order valence-corrected chi connectivity index (χ4v) is 2.69. The average Bonchev–Trinajstić information content (AvgIpc) is 2.51. The number of anilines is 1. The molecule has 3 rings (SSSR count). The van der Waals surface area contributed by atoms with E-state index in [0.717, 1.165) is 0 Å². The average molecular weight is 287 g/mol. The molecule has 1 heterocycles. The number of carbonyl (C=O) groups excluding carboxylic acids is 2. The van der Waals surface area contributed by atoms with Crippen LogP contribution in [0.25, 0.3) is 10.9 Å². The summed E-state index contributed by atoms with van der Waals surface area (Å²) in [5.74, 6) is -0.387. The third kappa shape index (κ3) is 2.12. The van der Waals surface area contributed by atoms with Crippen molar-refractivity contribution in [2.45, 2.75) is 32.2 Å². The van der Waals surface area contributed by atoms with Crippen molar-refractivity contribution < 1.29 is 12.3 Å². The van der Waals surface area contributed by atoms with Gasteiger partial charge >= 0.3 is 0 Å². The maximum Gasteiger partial charge on any atom is 0.264 e. The summed E-state index contributed by atoms with van der Waals surface area (Å²) in [7, 11) is 0. The molecule has 0 amide bonds. The summed E-state index contributed by atoms with van der Waals surface area (Å²) in [5.41, 5.74) is 5.63. The number of nitrogens with two attached hydrogens (primary N) is 1. The largest absolute Gasteiger partial charge is 0.398 e. The SMILES string of the molecule is [2H]Cc1nc2c([2H])ccc(N)c2c(=O)n1C1CCC(=O)CC1=O. The fraction of sp³-hybridized carbons (Fsp3) is 0.333. The number of nitrogen functional groups attached to an aromatic ring is 1. The number of fused-ring (bicyclic) bond motifs is 1. The van der Waals surface area contributed by atoms with Crippen molar-refractivity contribution in [3.63, 3.8) is 0 Å². The van der Waals surface area contributed by atoms with Crippen molar-refractivity contribution in [2.24, 2.45) is 0 Å². The van der Waals surface area contributed by atoms with Crippen LogP contribution in [-0.4, -0.2) is 21.1 Å². The third-order valence-electron chi connectivity index (χ3n) is 3.71. The predicted molar refractivity (Wildman–Crippen MR) is 78.1 cm³/mol. The van der Waals surface area contributed by atoms with Gasteiger partial charge in [0.15, 0.2) is 5.78 Å². The molecule has 2 N–H and O–H groups in total. The fourth-order valence-electron chi connectivity index (χ4n) is 2.69. The Morgan fingerprint density at radius 2 is 2.29 bits per heavy atom. The van der Waals surface area contributed by atoms with E-state index in [1.807, 2.05) is 0 Å². The van der Waals surface area contributed by atoms with Gasteiger partial charge in [0.2, 0.25) is 0 Å². The Labute approximate surface area is 123 Å². The van der Waals surface area contributed by atoms with Gasteiger partial charge in [0, 0.05) is 13.5 Å². The zero-order valence-corrected chi connectivity index (χ0v) is 11.3. The number of Topliss-reactive ketones (excluding diaryl/α,β-unsaturated/α-hetero) is 2. The van der Waals surface area contributed by atoms with E-state index in [9.17, 15) is 14.4 Å². The number of carbonyl (C=O) groups is 2.